The molecule has 1 aromatic rings. The summed E-state index contributed by atoms with van der Waals surface area (Å²) in [7, 11) is 0. The molecule has 1 saturated carbocycles. The number of carbonyl (C=O) groups is 1. The lowest BCUT2D eigenvalue weighted by atomic mass is 9.89. The minimum absolute atomic E-state index is 0.219. The van der Waals surface area contributed by atoms with Crippen LogP contribution in [-0.2, 0) is 4.79 Å². The fourth-order valence-corrected chi connectivity index (χ4v) is 2.24. The van der Waals surface area contributed by atoms with Crippen LogP contribution in [0.25, 0.3) is 0 Å². The van der Waals surface area contributed by atoms with Crippen LogP contribution in [-0.4, -0.2) is 11.1 Å². The summed E-state index contributed by atoms with van der Waals surface area (Å²) >= 11 is 0. The van der Waals surface area contributed by atoms with Crippen LogP contribution in [0.5, 0.6) is 0 Å². The van der Waals surface area contributed by atoms with E-state index in [0.717, 1.165) is 0 Å². The van der Waals surface area contributed by atoms with Crippen molar-refractivity contribution in [3.63, 3.8) is 0 Å². The maximum Gasteiger partial charge on any atom is 0.303 e. The van der Waals surface area contributed by atoms with Crippen LogP contribution in [0.3, 0.4) is 0 Å². The van der Waals surface area contributed by atoms with Gasteiger partial charge in [0.1, 0.15) is 0 Å². The Bertz CT molecular complexity index is 405. The van der Waals surface area contributed by atoms with Crippen LogP contribution in [0.4, 0.5) is 0 Å². The highest BCUT2D eigenvalue weighted by atomic mass is 16.4. The van der Waals surface area contributed by atoms with E-state index < -0.39 is 5.97 Å². The number of aliphatic carboxylic acids is 1. The standard InChI is InChI=1S/C14H18O2/c1-9-3-4-12(7-10(9)2)13(8-14(15)16)11-5-6-11/h3-4,7,11,13H,5-6,8H2,1-2H3,(H,15,16)/t13-/m1/s1. The van der Waals surface area contributed by atoms with Gasteiger partial charge in [0.05, 0.1) is 6.42 Å². The van der Waals surface area contributed by atoms with Crippen LogP contribution >= 0.6 is 0 Å². The van der Waals surface area contributed by atoms with Crippen molar-refractivity contribution < 1.29 is 9.90 Å². The lowest BCUT2D eigenvalue weighted by molar-refractivity contribution is -0.137. The first-order chi connectivity index (χ1) is 7.58. The lowest BCUT2D eigenvalue weighted by Crippen LogP contribution is -2.08. The van der Waals surface area contributed by atoms with Crippen molar-refractivity contribution in [1.29, 1.82) is 0 Å². The Kier molecular flexibility index (Phi) is 2.99. The normalized spacial score (nSPS) is 17.1. The Morgan fingerprint density at radius 1 is 1.38 bits per heavy atom. The number of carboxylic acids is 1. The Morgan fingerprint density at radius 3 is 2.56 bits per heavy atom. The van der Waals surface area contributed by atoms with Crippen molar-refractivity contribution in [2.75, 3.05) is 0 Å². The van der Waals surface area contributed by atoms with Gasteiger partial charge in [-0.3, -0.25) is 4.79 Å². The Balaban J connectivity index is 2.24. The summed E-state index contributed by atoms with van der Waals surface area (Å²) < 4.78 is 0. The second-order valence-electron chi connectivity index (χ2n) is 4.89. The zero-order valence-corrected chi connectivity index (χ0v) is 9.86. The van der Waals surface area contributed by atoms with E-state index in [0.29, 0.717) is 5.92 Å². The Morgan fingerprint density at radius 2 is 2.06 bits per heavy atom. The van der Waals surface area contributed by atoms with Gasteiger partial charge in [0.2, 0.25) is 0 Å². The van der Waals surface area contributed by atoms with Gasteiger partial charge < -0.3 is 5.11 Å². The van der Waals surface area contributed by atoms with Gasteiger partial charge in [0, 0.05) is 0 Å². The number of aryl methyl sites for hydroxylation is 2. The molecule has 1 aliphatic rings. The van der Waals surface area contributed by atoms with E-state index in [1.165, 1.54) is 29.5 Å². The molecular formula is C14H18O2. The predicted molar refractivity (Wildman–Crippen MR) is 63.6 cm³/mol. The number of carboxylic acid groups (broad SMARTS) is 1. The van der Waals surface area contributed by atoms with Gasteiger partial charge in [-0.1, -0.05) is 18.2 Å². The molecule has 0 aliphatic heterocycles. The minimum Gasteiger partial charge on any atom is -0.481 e. The number of benzene rings is 1. The van der Waals surface area contributed by atoms with Crippen LogP contribution in [0.2, 0.25) is 0 Å². The highest BCUT2D eigenvalue weighted by molar-refractivity contribution is 5.68. The smallest absolute Gasteiger partial charge is 0.303 e. The van der Waals surface area contributed by atoms with Crippen LogP contribution in [0, 0.1) is 19.8 Å². The first-order valence-corrected chi connectivity index (χ1v) is 5.87. The van der Waals surface area contributed by atoms with E-state index >= 15 is 0 Å². The van der Waals surface area contributed by atoms with Crippen molar-refractivity contribution in [2.45, 2.75) is 39.0 Å². The maximum atomic E-state index is 10.9. The molecule has 1 atom stereocenters. The monoisotopic (exact) mass is 218 g/mol. The quantitative estimate of drug-likeness (QED) is 0.842. The third kappa shape index (κ3) is 2.43. The van der Waals surface area contributed by atoms with Crippen molar-refractivity contribution in [3.8, 4) is 0 Å². The second kappa shape index (κ2) is 4.28. The van der Waals surface area contributed by atoms with Gasteiger partial charge in [-0.2, -0.15) is 0 Å². The van der Waals surface area contributed by atoms with Crippen LogP contribution in [0.15, 0.2) is 18.2 Å². The summed E-state index contributed by atoms with van der Waals surface area (Å²) in [6, 6.07) is 6.34. The van der Waals surface area contributed by atoms with Crippen LogP contribution in [0.1, 0.15) is 41.9 Å². The zero-order chi connectivity index (χ0) is 11.7. The van der Waals surface area contributed by atoms with E-state index in [4.69, 9.17) is 5.11 Å². The molecule has 0 saturated heterocycles. The number of hydrogen-bond acceptors (Lipinski definition) is 1. The fourth-order valence-electron chi connectivity index (χ4n) is 2.24. The molecular weight excluding hydrogens is 200 g/mol. The SMILES string of the molecule is Cc1ccc([C@H](CC(=O)O)C2CC2)cc1C. The molecule has 0 aromatic heterocycles. The summed E-state index contributed by atoms with van der Waals surface area (Å²) in [5.74, 6) is 0.130. The first kappa shape index (κ1) is 11.2. The van der Waals surface area contributed by atoms with Gasteiger partial charge in [-0.25, -0.2) is 0 Å². The summed E-state index contributed by atoms with van der Waals surface area (Å²) in [4.78, 5) is 10.9. The topological polar surface area (TPSA) is 37.3 Å². The molecule has 0 unspecified atom stereocenters. The van der Waals surface area contributed by atoms with Crippen LogP contribution < -0.4 is 0 Å². The summed E-state index contributed by atoms with van der Waals surface area (Å²) in [6.07, 6.45) is 2.64. The van der Waals surface area contributed by atoms with Crippen molar-refractivity contribution >= 4 is 5.97 Å². The van der Waals surface area contributed by atoms with E-state index in [-0.39, 0.29) is 12.3 Å². The van der Waals surface area contributed by atoms with Gasteiger partial charge in [0.15, 0.2) is 0 Å². The van der Waals surface area contributed by atoms with Gasteiger partial charge >= 0.3 is 5.97 Å². The molecule has 2 nitrogen and oxygen atoms in total. The molecule has 0 bridgehead atoms. The highest BCUT2D eigenvalue weighted by Gasteiger charge is 2.33. The molecule has 1 aliphatic carbocycles. The van der Waals surface area contributed by atoms with E-state index in [2.05, 4.69) is 32.0 Å². The van der Waals surface area contributed by atoms with Crippen molar-refractivity contribution in [1.82, 2.24) is 0 Å². The number of rotatable bonds is 4. The van der Waals surface area contributed by atoms with E-state index in [1.807, 2.05) is 0 Å². The number of hydrogen-bond donors (Lipinski definition) is 1. The molecule has 1 fully saturated rings. The molecule has 86 valence electrons. The van der Waals surface area contributed by atoms with E-state index in [9.17, 15) is 4.79 Å². The largest absolute Gasteiger partial charge is 0.481 e. The predicted octanol–water partition coefficient (Wildman–Crippen LogP) is 3.27. The van der Waals surface area contributed by atoms with Gasteiger partial charge in [0.25, 0.3) is 0 Å². The Labute approximate surface area is 96.3 Å². The van der Waals surface area contributed by atoms with Gasteiger partial charge in [-0.15, -0.1) is 0 Å². The van der Waals surface area contributed by atoms with Crippen molar-refractivity contribution in [2.24, 2.45) is 5.92 Å². The maximum absolute atomic E-state index is 10.9. The Hall–Kier alpha value is -1.31. The third-order valence-electron chi connectivity index (χ3n) is 3.54. The second-order valence-corrected chi connectivity index (χ2v) is 4.89. The third-order valence-corrected chi connectivity index (χ3v) is 3.54. The summed E-state index contributed by atoms with van der Waals surface area (Å²) in [5.41, 5.74) is 3.73. The first-order valence-electron chi connectivity index (χ1n) is 5.87. The van der Waals surface area contributed by atoms with E-state index in [1.54, 1.807) is 0 Å². The molecule has 0 heterocycles. The summed E-state index contributed by atoms with van der Waals surface area (Å²) in [5, 5.41) is 8.95. The molecule has 2 heteroatoms. The molecule has 16 heavy (non-hydrogen) atoms. The molecule has 0 radical (unpaired) electrons. The average Bonchev–Trinajstić information content (AvgIpc) is 3.02. The summed E-state index contributed by atoms with van der Waals surface area (Å²) in [6.45, 7) is 4.17. The molecule has 0 amide bonds. The lowest BCUT2D eigenvalue weighted by Gasteiger charge is -2.15. The van der Waals surface area contributed by atoms with Gasteiger partial charge in [-0.05, 0) is 55.2 Å². The highest BCUT2D eigenvalue weighted by Crippen LogP contribution is 2.44. The zero-order valence-electron chi connectivity index (χ0n) is 9.86. The molecule has 1 aromatic carbocycles. The molecule has 0 spiro atoms. The fraction of sp³-hybridized carbons (Fsp3) is 0.500. The molecule has 1 N–H and O–H groups in total. The minimum atomic E-state index is -0.685. The molecule has 2 rings (SSSR count). The van der Waals surface area contributed by atoms with Crippen molar-refractivity contribution in [3.05, 3.63) is 34.9 Å². The average molecular weight is 218 g/mol.